The van der Waals surface area contributed by atoms with Crippen LogP contribution < -0.4 is 14.8 Å². The molecule has 0 aromatic heterocycles. The van der Waals surface area contributed by atoms with Gasteiger partial charge in [0, 0.05) is 39.3 Å². The molecular formula is C26H31N3O5S. The SMILES string of the molecule is CCOc1ccc2ccccc2c1C(=O)NCCN1CCN(S(=O)(=O)c2ccc(OC)cc2)CC1. The largest absolute Gasteiger partial charge is 0.497 e. The van der Waals surface area contributed by atoms with Crippen molar-refractivity contribution in [2.24, 2.45) is 0 Å². The third-order valence-corrected chi connectivity index (χ3v) is 8.07. The number of carbonyl (C=O) groups is 1. The van der Waals surface area contributed by atoms with Gasteiger partial charge in [-0.3, -0.25) is 9.69 Å². The molecule has 186 valence electrons. The number of piperazine rings is 1. The monoisotopic (exact) mass is 497 g/mol. The van der Waals surface area contributed by atoms with Gasteiger partial charge >= 0.3 is 0 Å². The molecule has 1 aliphatic rings. The van der Waals surface area contributed by atoms with Crippen LogP contribution >= 0.6 is 0 Å². The first-order valence-corrected chi connectivity index (χ1v) is 13.2. The fourth-order valence-electron chi connectivity index (χ4n) is 4.27. The molecule has 9 heteroatoms. The molecule has 1 heterocycles. The highest BCUT2D eigenvalue weighted by Gasteiger charge is 2.28. The van der Waals surface area contributed by atoms with Crippen LogP contribution in [0.25, 0.3) is 10.8 Å². The molecule has 3 aromatic rings. The Hall–Kier alpha value is -3.14. The molecular weight excluding hydrogens is 466 g/mol. The predicted octanol–water partition coefficient (Wildman–Crippen LogP) is 2.98. The first-order chi connectivity index (χ1) is 16.9. The minimum absolute atomic E-state index is 0.175. The highest BCUT2D eigenvalue weighted by Crippen LogP contribution is 2.28. The van der Waals surface area contributed by atoms with Crippen molar-refractivity contribution in [2.75, 3.05) is 53.0 Å². The zero-order valence-corrected chi connectivity index (χ0v) is 20.9. The van der Waals surface area contributed by atoms with Crippen molar-refractivity contribution in [1.82, 2.24) is 14.5 Å². The van der Waals surface area contributed by atoms with Crippen molar-refractivity contribution in [3.8, 4) is 11.5 Å². The van der Waals surface area contributed by atoms with Crippen LogP contribution in [0.5, 0.6) is 11.5 Å². The molecule has 3 aromatic carbocycles. The van der Waals surface area contributed by atoms with Gasteiger partial charge in [0.15, 0.2) is 0 Å². The molecule has 4 rings (SSSR count). The van der Waals surface area contributed by atoms with E-state index in [1.807, 2.05) is 43.3 Å². The van der Waals surface area contributed by atoms with Gasteiger partial charge in [-0.15, -0.1) is 0 Å². The standard InChI is InChI=1S/C26H31N3O5S/c1-3-34-24-13-8-20-6-4-5-7-23(20)25(24)26(30)27-14-15-28-16-18-29(19-17-28)35(31,32)22-11-9-21(33-2)10-12-22/h4-13H,3,14-19H2,1-2H3,(H,27,30). The van der Waals surface area contributed by atoms with E-state index in [9.17, 15) is 13.2 Å². The number of nitrogens with zero attached hydrogens (tertiary/aromatic N) is 2. The fourth-order valence-corrected chi connectivity index (χ4v) is 5.69. The summed E-state index contributed by atoms with van der Waals surface area (Å²) < 4.78 is 38.2. The molecule has 1 saturated heterocycles. The van der Waals surface area contributed by atoms with E-state index in [1.54, 1.807) is 31.4 Å². The number of methoxy groups -OCH3 is 1. The number of sulfonamides is 1. The summed E-state index contributed by atoms with van der Waals surface area (Å²) in [5.74, 6) is 1.01. The number of rotatable bonds is 9. The number of carbonyl (C=O) groups excluding carboxylic acids is 1. The van der Waals surface area contributed by atoms with Crippen LogP contribution in [-0.2, 0) is 10.0 Å². The summed E-state index contributed by atoms with van der Waals surface area (Å²) in [4.78, 5) is 15.5. The molecule has 1 aliphatic heterocycles. The third-order valence-electron chi connectivity index (χ3n) is 6.16. The molecule has 1 fully saturated rings. The van der Waals surface area contributed by atoms with Gasteiger partial charge in [0.1, 0.15) is 11.5 Å². The number of hydrogen-bond acceptors (Lipinski definition) is 6. The van der Waals surface area contributed by atoms with E-state index in [2.05, 4.69) is 10.2 Å². The maximum absolute atomic E-state index is 13.1. The van der Waals surface area contributed by atoms with Crippen LogP contribution in [0.4, 0.5) is 0 Å². The average Bonchev–Trinajstić information content (AvgIpc) is 2.89. The number of nitrogens with one attached hydrogen (secondary N) is 1. The zero-order chi connectivity index (χ0) is 24.8. The van der Waals surface area contributed by atoms with E-state index >= 15 is 0 Å². The topological polar surface area (TPSA) is 88.2 Å². The lowest BCUT2D eigenvalue weighted by molar-refractivity contribution is 0.0943. The molecule has 0 aliphatic carbocycles. The highest BCUT2D eigenvalue weighted by atomic mass is 32.2. The third kappa shape index (κ3) is 5.58. The first-order valence-electron chi connectivity index (χ1n) is 11.7. The Balaban J connectivity index is 1.33. The van der Waals surface area contributed by atoms with Crippen molar-refractivity contribution in [3.05, 3.63) is 66.2 Å². The second-order valence-corrected chi connectivity index (χ2v) is 10.2. The molecule has 0 spiro atoms. The van der Waals surface area contributed by atoms with E-state index in [4.69, 9.17) is 9.47 Å². The second kappa shape index (κ2) is 11.1. The van der Waals surface area contributed by atoms with Gasteiger partial charge in [-0.2, -0.15) is 4.31 Å². The van der Waals surface area contributed by atoms with Crippen LogP contribution in [0.1, 0.15) is 17.3 Å². The molecule has 8 nitrogen and oxygen atoms in total. The van der Waals surface area contributed by atoms with Gasteiger partial charge in [0.2, 0.25) is 10.0 Å². The van der Waals surface area contributed by atoms with E-state index in [-0.39, 0.29) is 10.8 Å². The van der Waals surface area contributed by atoms with E-state index in [0.29, 0.717) is 62.9 Å². The summed E-state index contributed by atoms with van der Waals surface area (Å²) in [6, 6.07) is 18.0. The normalized spacial score (nSPS) is 15.1. The number of amides is 1. The molecule has 0 unspecified atom stereocenters. The van der Waals surface area contributed by atoms with E-state index < -0.39 is 10.0 Å². The Labute approximate surface area is 206 Å². The Morgan fingerprint density at radius 2 is 1.69 bits per heavy atom. The Bertz CT molecular complexity index is 1270. The van der Waals surface area contributed by atoms with Crippen molar-refractivity contribution >= 4 is 26.7 Å². The summed E-state index contributed by atoms with van der Waals surface area (Å²) in [6.45, 7) is 5.47. The van der Waals surface area contributed by atoms with Crippen molar-refractivity contribution in [1.29, 1.82) is 0 Å². The fraction of sp³-hybridized carbons (Fsp3) is 0.346. The lowest BCUT2D eigenvalue weighted by Crippen LogP contribution is -2.50. The number of ether oxygens (including phenoxy) is 2. The van der Waals surface area contributed by atoms with Crippen molar-refractivity contribution < 1.29 is 22.7 Å². The van der Waals surface area contributed by atoms with Gasteiger partial charge in [0.25, 0.3) is 5.91 Å². The molecule has 0 bridgehead atoms. The zero-order valence-electron chi connectivity index (χ0n) is 20.1. The summed E-state index contributed by atoms with van der Waals surface area (Å²) in [5.41, 5.74) is 0.542. The highest BCUT2D eigenvalue weighted by molar-refractivity contribution is 7.89. The second-order valence-electron chi connectivity index (χ2n) is 8.27. The summed E-state index contributed by atoms with van der Waals surface area (Å²) in [7, 11) is -2.00. The first kappa shape index (κ1) is 25.0. The van der Waals surface area contributed by atoms with Gasteiger partial charge in [-0.25, -0.2) is 8.42 Å². The van der Waals surface area contributed by atoms with Gasteiger partial charge in [-0.1, -0.05) is 30.3 Å². The van der Waals surface area contributed by atoms with Crippen LogP contribution in [0, 0.1) is 0 Å². The van der Waals surface area contributed by atoms with Gasteiger partial charge in [-0.05, 0) is 48.0 Å². The molecule has 1 amide bonds. The van der Waals surface area contributed by atoms with Gasteiger partial charge < -0.3 is 14.8 Å². The average molecular weight is 498 g/mol. The number of fused-ring (bicyclic) bond motifs is 1. The maximum Gasteiger partial charge on any atom is 0.255 e. The molecule has 1 N–H and O–H groups in total. The summed E-state index contributed by atoms with van der Waals surface area (Å²) >= 11 is 0. The summed E-state index contributed by atoms with van der Waals surface area (Å²) in [6.07, 6.45) is 0. The smallest absolute Gasteiger partial charge is 0.255 e. The number of hydrogen-bond donors (Lipinski definition) is 1. The maximum atomic E-state index is 13.1. The quantitative estimate of drug-likeness (QED) is 0.489. The Morgan fingerprint density at radius 1 is 0.971 bits per heavy atom. The molecule has 35 heavy (non-hydrogen) atoms. The minimum Gasteiger partial charge on any atom is -0.497 e. The Morgan fingerprint density at radius 3 is 2.37 bits per heavy atom. The van der Waals surface area contributed by atoms with Crippen LogP contribution in [-0.4, -0.2) is 76.5 Å². The number of benzene rings is 3. The van der Waals surface area contributed by atoms with Crippen LogP contribution in [0.2, 0.25) is 0 Å². The molecule has 0 saturated carbocycles. The van der Waals surface area contributed by atoms with Crippen LogP contribution in [0.3, 0.4) is 0 Å². The molecule has 0 radical (unpaired) electrons. The minimum atomic E-state index is -3.54. The van der Waals surface area contributed by atoms with Crippen molar-refractivity contribution in [2.45, 2.75) is 11.8 Å². The predicted molar refractivity (Wildman–Crippen MR) is 136 cm³/mol. The van der Waals surface area contributed by atoms with E-state index in [1.165, 1.54) is 4.31 Å². The summed E-state index contributed by atoms with van der Waals surface area (Å²) in [5, 5.41) is 4.85. The lowest BCUT2D eigenvalue weighted by atomic mass is 10.0. The van der Waals surface area contributed by atoms with E-state index in [0.717, 1.165) is 10.8 Å². The Kier molecular flexibility index (Phi) is 7.90. The van der Waals surface area contributed by atoms with Crippen LogP contribution in [0.15, 0.2) is 65.6 Å². The van der Waals surface area contributed by atoms with Crippen molar-refractivity contribution in [3.63, 3.8) is 0 Å². The molecule has 0 atom stereocenters. The lowest BCUT2D eigenvalue weighted by Gasteiger charge is -2.34. The van der Waals surface area contributed by atoms with Gasteiger partial charge in [0.05, 0.1) is 24.2 Å².